The Morgan fingerprint density at radius 2 is 2.22 bits per heavy atom. The van der Waals surface area contributed by atoms with Crippen molar-refractivity contribution in [2.75, 3.05) is 26.2 Å². The third kappa shape index (κ3) is 2.32. The molecule has 0 aromatic carbocycles. The Morgan fingerprint density at radius 1 is 1.39 bits per heavy atom. The Bertz CT molecular complexity index is 511. The van der Waals surface area contributed by atoms with Crippen molar-refractivity contribution in [3.8, 4) is 11.3 Å². The largest absolute Gasteiger partial charge is 0.357 e. The second-order valence-electron chi connectivity index (χ2n) is 4.77. The van der Waals surface area contributed by atoms with E-state index in [0.717, 1.165) is 44.0 Å². The molecule has 0 unspecified atom stereocenters. The van der Waals surface area contributed by atoms with Crippen LogP contribution in [-0.2, 0) is 13.6 Å². The highest BCUT2D eigenvalue weighted by atomic mass is 16.5. The third-order valence-corrected chi connectivity index (χ3v) is 3.34. The maximum absolute atomic E-state index is 5.40. The lowest BCUT2D eigenvalue weighted by atomic mass is 10.1. The van der Waals surface area contributed by atoms with Gasteiger partial charge < -0.3 is 14.4 Å². The Balaban J connectivity index is 1.78. The van der Waals surface area contributed by atoms with Crippen molar-refractivity contribution in [2.45, 2.75) is 6.54 Å². The van der Waals surface area contributed by atoms with E-state index in [4.69, 9.17) is 4.52 Å². The molecule has 96 valence electrons. The summed E-state index contributed by atoms with van der Waals surface area (Å²) in [6.07, 6.45) is 5.92. The zero-order valence-electron chi connectivity index (χ0n) is 10.6. The van der Waals surface area contributed by atoms with Crippen LogP contribution in [0.5, 0.6) is 0 Å². The first-order valence-electron chi connectivity index (χ1n) is 6.32. The SMILES string of the molecule is Cn1ccc(-c2oncc2CN2CCNCC2)c1. The van der Waals surface area contributed by atoms with Crippen molar-refractivity contribution < 1.29 is 4.52 Å². The number of hydrogen-bond acceptors (Lipinski definition) is 4. The van der Waals surface area contributed by atoms with Crippen LogP contribution in [0.1, 0.15) is 5.56 Å². The second-order valence-corrected chi connectivity index (χ2v) is 4.77. The van der Waals surface area contributed by atoms with Gasteiger partial charge in [0.25, 0.3) is 0 Å². The molecule has 3 heterocycles. The number of hydrogen-bond donors (Lipinski definition) is 1. The number of nitrogens with one attached hydrogen (secondary N) is 1. The van der Waals surface area contributed by atoms with Crippen molar-refractivity contribution in [2.24, 2.45) is 7.05 Å². The van der Waals surface area contributed by atoms with Crippen LogP contribution in [-0.4, -0.2) is 40.8 Å². The van der Waals surface area contributed by atoms with Crippen LogP contribution in [0.2, 0.25) is 0 Å². The Hall–Kier alpha value is -1.59. The van der Waals surface area contributed by atoms with Gasteiger partial charge in [0.15, 0.2) is 5.76 Å². The van der Waals surface area contributed by atoms with Gasteiger partial charge in [-0.2, -0.15) is 0 Å². The quantitative estimate of drug-likeness (QED) is 0.880. The highest BCUT2D eigenvalue weighted by Gasteiger charge is 2.16. The van der Waals surface area contributed by atoms with Gasteiger partial charge in [-0.1, -0.05) is 5.16 Å². The van der Waals surface area contributed by atoms with Gasteiger partial charge in [-0.25, -0.2) is 0 Å². The Kier molecular flexibility index (Phi) is 3.17. The number of rotatable bonds is 3. The molecule has 2 aromatic rings. The summed E-state index contributed by atoms with van der Waals surface area (Å²) in [6.45, 7) is 5.20. The molecule has 1 saturated heterocycles. The molecule has 5 nitrogen and oxygen atoms in total. The van der Waals surface area contributed by atoms with Crippen LogP contribution in [0.4, 0.5) is 0 Å². The molecule has 1 N–H and O–H groups in total. The van der Waals surface area contributed by atoms with Crippen molar-refractivity contribution in [1.29, 1.82) is 0 Å². The van der Waals surface area contributed by atoms with Crippen molar-refractivity contribution in [3.63, 3.8) is 0 Å². The van der Waals surface area contributed by atoms with E-state index in [1.165, 1.54) is 5.56 Å². The number of aromatic nitrogens is 2. The molecule has 1 aliphatic rings. The summed E-state index contributed by atoms with van der Waals surface area (Å²) in [6, 6.07) is 2.06. The van der Waals surface area contributed by atoms with E-state index in [1.54, 1.807) is 0 Å². The molecule has 18 heavy (non-hydrogen) atoms. The first kappa shape index (κ1) is 11.5. The van der Waals surface area contributed by atoms with E-state index < -0.39 is 0 Å². The first-order valence-corrected chi connectivity index (χ1v) is 6.32. The lowest BCUT2D eigenvalue weighted by Crippen LogP contribution is -2.42. The molecular weight excluding hydrogens is 228 g/mol. The minimum absolute atomic E-state index is 0.897. The maximum atomic E-state index is 5.40. The van der Waals surface area contributed by atoms with Gasteiger partial charge in [0.2, 0.25) is 0 Å². The number of aryl methyl sites for hydroxylation is 1. The minimum Gasteiger partial charge on any atom is -0.357 e. The molecule has 0 radical (unpaired) electrons. The van der Waals surface area contributed by atoms with Crippen LogP contribution in [0.25, 0.3) is 11.3 Å². The van der Waals surface area contributed by atoms with E-state index in [0.29, 0.717) is 0 Å². The van der Waals surface area contributed by atoms with E-state index >= 15 is 0 Å². The van der Waals surface area contributed by atoms with E-state index in [1.807, 2.05) is 24.0 Å². The Labute approximate surface area is 106 Å². The van der Waals surface area contributed by atoms with Crippen LogP contribution in [0.15, 0.2) is 29.2 Å². The molecule has 2 aromatic heterocycles. The van der Waals surface area contributed by atoms with E-state index in [-0.39, 0.29) is 0 Å². The lowest BCUT2D eigenvalue weighted by molar-refractivity contribution is 0.233. The summed E-state index contributed by atoms with van der Waals surface area (Å²) in [7, 11) is 2.01. The maximum Gasteiger partial charge on any atom is 0.172 e. The second kappa shape index (κ2) is 4.96. The van der Waals surface area contributed by atoms with Gasteiger partial charge in [-0.05, 0) is 6.07 Å². The first-order chi connectivity index (χ1) is 8.83. The summed E-state index contributed by atoms with van der Waals surface area (Å²) in [5.74, 6) is 0.897. The van der Waals surface area contributed by atoms with Crippen molar-refractivity contribution >= 4 is 0 Å². The molecule has 0 atom stereocenters. The summed E-state index contributed by atoms with van der Waals surface area (Å²) in [4.78, 5) is 2.43. The van der Waals surface area contributed by atoms with E-state index in [2.05, 4.69) is 27.6 Å². The predicted molar refractivity (Wildman–Crippen MR) is 69.1 cm³/mol. The van der Waals surface area contributed by atoms with Gasteiger partial charge in [0.05, 0.1) is 6.20 Å². The summed E-state index contributed by atoms with van der Waals surface area (Å²) < 4.78 is 7.42. The van der Waals surface area contributed by atoms with Crippen LogP contribution >= 0.6 is 0 Å². The fourth-order valence-corrected chi connectivity index (χ4v) is 2.36. The highest BCUT2D eigenvalue weighted by molar-refractivity contribution is 5.59. The van der Waals surface area contributed by atoms with E-state index in [9.17, 15) is 0 Å². The average molecular weight is 246 g/mol. The molecule has 0 aliphatic carbocycles. The minimum atomic E-state index is 0.897. The molecule has 3 rings (SSSR count). The van der Waals surface area contributed by atoms with Crippen LogP contribution in [0.3, 0.4) is 0 Å². The molecule has 0 saturated carbocycles. The molecular formula is C13H18N4O. The molecule has 0 spiro atoms. The zero-order valence-corrected chi connectivity index (χ0v) is 10.6. The number of nitrogens with zero attached hydrogens (tertiary/aromatic N) is 3. The smallest absolute Gasteiger partial charge is 0.172 e. The lowest BCUT2D eigenvalue weighted by Gasteiger charge is -2.26. The van der Waals surface area contributed by atoms with Crippen molar-refractivity contribution in [1.82, 2.24) is 19.9 Å². The fraction of sp³-hybridized carbons (Fsp3) is 0.462. The molecule has 0 amide bonds. The normalized spacial score (nSPS) is 17.2. The average Bonchev–Trinajstić information content (AvgIpc) is 2.99. The molecule has 5 heteroatoms. The van der Waals surface area contributed by atoms with Gasteiger partial charge in [0, 0.05) is 63.3 Å². The highest BCUT2D eigenvalue weighted by Crippen LogP contribution is 2.24. The standard InChI is InChI=1S/C13H18N4O/c1-16-5-2-11(9-16)13-12(8-15-18-13)10-17-6-3-14-4-7-17/h2,5,8-9,14H,3-4,6-7,10H2,1H3. The zero-order chi connectivity index (χ0) is 12.4. The predicted octanol–water partition coefficient (Wildman–Crippen LogP) is 1.09. The summed E-state index contributed by atoms with van der Waals surface area (Å²) in [5, 5.41) is 7.31. The molecule has 1 aliphatic heterocycles. The summed E-state index contributed by atoms with van der Waals surface area (Å²) in [5.41, 5.74) is 2.27. The van der Waals surface area contributed by atoms with Crippen molar-refractivity contribution in [3.05, 3.63) is 30.2 Å². The topological polar surface area (TPSA) is 46.2 Å². The fourth-order valence-electron chi connectivity index (χ4n) is 2.36. The van der Waals surface area contributed by atoms with Crippen LogP contribution in [0, 0.1) is 0 Å². The monoisotopic (exact) mass is 246 g/mol. The van der Waals surface area contributed by atoms with Gasteiger partial charge in [-0.15, -0.1) is 0 Å². The van der Waals surface area contributed by atoms with Crippen LogP contribution < -0.4 is 5.32 Å². The van der Waals surface area contributed by atoms with Gasteiger partial charge in [-0.3, -0.25) is 4.90 Å². The Morgan fingerprint density at radius 3 is 2.94 bits per heavy atom. The molecule has 0 bridgehead atoms. The number of piperazine rings is 1. The summed E-state index contributed by atoms with van der Waals surface area (Å²) >= 11 is 0. The molecule has 1 fully saturated rings. The van der Waals surface area contributed by atoms with Gasteiger partial charge >= 0.3 is 0 Å². The third-order valence-electron chi connectivity index (χ3n) is 3.34. The van der Waals surface area contributed by atoms with Gasteiger partial charge in [0.1, 0.15) is 0 Å².